The van der Waals surface area contributed by atoms with Gasteiger partial charge >= 0.3 is 0 Å². The largest absolute Gasteiger partial charge is 0.253 e. The Hall–Kier alpha value is -0.880. The highest BCUT2D eigenvalue weighted by molar-refractivity contribution is 7.91. The van der Waals surface area contributed by atoms with E-state index in [1.54, 1.807) is 16.4 Å². The summed E-state index contributed by atoms with van der Waals surface area (Å²) in [4.78, 5) is 0. The van der Waals surface area contributed by atoms with Crippen LogP contribution in [0.15, 0.2) is 40.6 Å². The minimum atomic E-state index is -3.51. The molecule has 2 heterocycles. The highest BCUT2D eigenvalue weighted by Gasteiger charge is 2.34. The standard InChI is InChI=1S/C17H20ClNO2S2/c1-13-6-5-7-14(12-13)15-8-3-2-4-11-19(15)23(20,21)17-10-9-16(18)22-17/h5-7,9-10,12,15H,2-4,8,11H2,1H3. The molecular weight excluding hydrogens is 350 g/mol. The number of hydrogen-bond donors (Lipinski definition) is 0. The van der Waals surface area contributed by atoms with E-state index in [1.165, 1.54) is 0 Å². The van der Waals surface area contributed by atoms with Crippen molar-refractivity contribution in [2.75, 3.05) is 6.54 Å². The average molecular weight is 370 g/mol. The molecule has 1 aliphatic heterocycles. The van der Waals surface area contributed by atoms with Crippen LogP contribution in [0.25, 0.3) is 0 Å². The zero-order valence-corrected chi connectivity index (χ0v) is 15.4. The number of halogens is 1. The van der Waals surface area contributed by atoms with Crippen LogP contribution in [0.2, 0.25) is 4.34 Å². The normalized spacial score (nSPS) is 20.3. The van der Waals surface area contributed by atoms with Crippen molar-refractivity contribution in [3.63, 3.8) is 0 Å². The molecule has 6 heteroatoms. The number of aryl methyl sites for hydroxylation is 1. The van der Waals surface area contributed by atoms with Gasteiger partial charge in [0.05, 0.1) is 10.4 Å². The molecule has 0 aliphatic carbocycles. The van der Waals surface area contributed by atoms with E-state index in [1.807, 2.05) is 25.1 Å². The summed E-state index contributed by atoms with van der Waals surface area (Å²) in [5, 5.41) is 0. The summed E-state index contributed by atoms with van der Waals surface area (Å²) in [7, 11) is -3.51. The van der Waals surface area contributed by atoms with Gasteiger partial charge in [-0.15, -0.1) is 11.3 Å². The fraction of sp³-hybridized carbons (Fsp3) is 0.412. The Morgan fingerprint density at radius 2 is 2.00 bits per heavy atom. The van der Waals surface area contributed by atoms with E-state index < -0.39 is 10.0 Å². The molecule has 1 unspecified atom stereocenters. The first kappa shape index (κ1) is 17.0. The van der Waals surface area contributed by atoms with Gasteiger partial charge in [0.1, 0.15) is 4.21 Å². The summed E-state index contributed by atoms with van der Waals surface area (Å²) in [6, 6.07) is 11.3. The first-order valence-electron chi connectivity index (χ1n) is 7.82. The second kappa shape index (κ2) is 6.93. The van der Waals surface area contributed by atoms with Crippen molar-refractivity contribution < 1.29 is 8.42 Å². The second-order valence-corrected chi connectivity index (χ2v) is 9.79. The third kappa shape index (κ3) is 3.63. The number of thiophene rings is 1. The highest BCUT2D eigenvalue weighted by atomic mass is 35.5. The van der Waals surface area contributed by atoms with Crippen LogP contribution in [0, 0.1) is 6.92 Å². The predicted octanol–water partition coefficient (Wildman–Crippen LogP) is 5.02. The molecule has 0 saturated carbocycles. The van der Waals surface area contributed by atoms with Crippen LogP contribution in [0.4, 0.5) is 0 Å². The van der Waals surface area contributed by atoms with Crippen molar-refractivity contribution >= 4 is 33.0 Å². The summed E-state index contributed by atoms with van der Waals surface area (Å²) >= 11 is 7.08. The lowest BCUT2D eigenvalue weighted by molar-refractivity contribution is 0.329. The third-order valence-corrected chi connectivity index (χ3v) is 7.85. The maximum atomic E-state index is 13.1. The molecular formula is C17H20ClNO2S2. The summed E-state index contributed by atoms with van der Waals surface area (Å²) < 4.78 is 28.7. The van der Waals surface area contributed by atoms with E-state index >= 15 is 0 Å². The van der Waals surface area contributed by atoms with Gasteiger partial charge < -0.3 is 0 Å². The quantitative estimate of drug-likeness (QED) is 0.762. The molecule has 1 saturated heterocycles. The van der Waals surface area contributed by atoms with Gasteiger partial charge in [-0.1, -0.05) is 54.3 Å². The lowest BCUT2D eigenvalue weighted by Crippen LogP contribution is -2.34. The molecule has 0 radical (unpaired) electrons. The van der Waals surface area contributed by atoms with E-state index in [0.29, 0.717) is 15.1 Å². The van der Waals surface area contributed by atoms with Crippen molar-refractivity contribution in [2.24, 2.45) is 0 Å². The SMILES string of the molecule is Cc1cccc(C2CCCCCN2S(=O)(=O)c2ccc(Cl)s2)c1. The van der Waals surface area contributed by atoms with Gasteiger partial charge in [-0.2, -0.15) is 4.31 Å². The van der Waals surface area contributed by atoms with E-state index in [9.17, 15) is 8.42 Å². The second-order valence-electron chi connectivity index (χ2n) is 5.95. The predicted molar refractivity (Wildman–Crippen MR) is 95.6 cm³/mol. The van der Waals surface area contributed by atoms with Crippen molar-refractivity contribution in [1.29, 1.82) is 0 Å². The van der Waals surface area contributed by atoms with Crippen LogP contribution in [0.3, 0.4) is 0 Å². The zero-order chi connectivity index (χ0) is 16.4. The molecule has 124 valence electrons. The van der Waals surface area contributed by atoms with E-state index in [-0.39, 0.29) is 6.04 Å². The van der Waals surface area contributed by atoms with Crippen molar-refractivity contribution in [3.8, 4) is 0 Å². The molecule has 1 atom stereocenters. The van der Waals surface area contributed by atoms with Gasteiger partial charge in [0.2, 0.25) is 0 Å². The molecule has 1 aromatic carbocycles. The van der Waals surface area contributed by atoms with E-state index in [2.05, 4.69) is 6.07 Å². The third-order valence-electron chi connectivity index (χ3n) is 4.24. The van der Waals surface area contributed by atoms with Crippen LogP contribution in [0.1, 0.15) is 42.9 Å². The zero-order valence-electron chi connectivity index (χ0n) is 13.0. The van der Waals surface area contributed by atoms with Crippen LogP contribution in [-0.2, 0) is 10.0 Å². The molecule has 1 aliphatic rings. The smallest absolute Gasteiger partial charge is 0.206 e. The monoisotopic (exact) mass is 369 g/mol. The number of sulfonamides is 1. The maximum absolute atomic E-state index is 13.1. The lowest BCUT2D eigenvalue weighted by atomic mass is 10.0. The number of hydrogen-bond acceptors (Lipinski definition) is 3. The minimum absolute atomic E-state index is 0.0942. The van der Waals surface area contributed by atoms with Gasteiger partial charge in [-0.3, -0.25) is 0 Å². The Labute approximate surface area is 147 Å². The molecule has 3 nitrogen and oxygen atoms in total. The fourth-order valence-electron chi connectivity index (χ4n) is 3.13. The summed E-state index contributed by atoms with van der Waals surface area (Å²) in [6.07, 6.45) is 3.89. The van der Waals surface area contributed by atoms with Gasteiger partial charge in [-0.05, 0) is 37.5 Å². The average Bonchev–Trinajstić information content (AvgIpc) is 2.81. The molecule has 0 spiro atoms. The maximum Gasteiger partial charge on any atom is 0.253 e. The van der Waals surface area contributed by atoms with Crippen molar-refractivity contribution in [2.45, 2.75) is 42.9 Å². The van der Waals surface area contributed by atoms with E-state index in [4.69, 9.17) is 11.6 Å². The molecule has 0 N–H and O–H groups in total. The first-order chi connectivity index (χ1) is 11.0. The number of rotatable bonds is 3. The molecule has 2 aromatic rings. The van der Waals surface area contributed by atoms with Crippen LogP contribution in [-0.4, -0.2) is 19.3 Å². The number of nitrogens with zero attached hydrogens (tertiary/aromatic N) is 1. The molecule has 23 heavy (non-hydrogen) atoms. The van der Waals surface area contributed by atoms with Crippen LogP contribution < -0.4 is 0 Å². The Morgan fingerprint density at radius 3 is 2.70 bits per heavy atom. The molecule has 0 amide bonds. The molecule has 0 bridgehead atoms. The minimum Gasteiger partial charge on any atom is -0.206 e. The van der Waals surface area contributed by atoms with Gasteiger partial charge in [0.25, 0.3) is 10.0 Å². The Balaban J connectivity index is 2.02. The molecule has 1 fully saturated rings. The summed E-state index contributed by atoms with van der Waals surface area (Å²) in [6.45, 7) is 2.61. The Bertz CT molecular complexity index is 785. The fourth-order valence-corrected chi connectivity index (χ4v) is 6.43. The summed E-state index contributed by atoms with van der Waals surface area (Å²) in [5.74, 6) is 0. The Morgan fingerprint density at radius 1 is 1.17 bits per heavy atom. The molecule has 3 rings (SSSR count). The van der Waals surface area contributed by atoms with Crippen LogP contribution >= 0.6 is 22.9 Å². The molecule has 1 aromatic heterocycles. The number of benzene rings is 1. The highest BCUT2D eigenvalue weighted by Crippen LogP contribution is 2.37. The van der Waals surface area contributed by atoms with Crippen LogP contribution in [0.5, 0.6) is 0 Å². The lowest BCUT2D eigenvalue weighted by Gasteiger charge is -2.29. The van der Waals surface area contributed by atoms with Gasteiger partial charge in [0.15, 0.2) is 0 Å². The van der Waals surface area contributed by atoms with Gasteiger partial charge in [0, 0.05) is 6.54 Å². The van der Waals surface area contributed by atoms with Crippen molar-refractivity contribution in [1.82, 2.24) is 4.31 Å². The summed E-state index contributed by atoms with van der Waals surface area (Å²) in [5.41, 5.74) is 2.24. The first-order valence-corrected chi connectivity index (χ1v) is 10.5. The van der Waals surface area contributed by atoms with E-state index in [0.717, 1.165) is 48.1 Å². The van der Waals surface area contributed by atoms with Gasteiger partial charge in [-0.25, -0.2) is 8.42 Å². The topological polar surface area (TPSA) is 37.4 Å². The van der Waals surface area contributed by atoms with Crippen molar-refractivity contribution in [3.05, 3.63) is 51.9 Å². The Kier molecular flexibility index (Phi) is 5.11.